The summed E-state index contributed by atoms with van der Waals surface area (Å²) in [5.41, 5.74) is 1.48. The molecule has 2 rings (SSSR count). The van der Waals surface area contributed by atoms with Crippen molar-refractivity contribution in [2.24, 2.45) is 0 Å². The van der Waals surface area contributed by atoms with E-state index in [1.165, 1.54) is 0 Å². The van der Waals surface area contributed by atoms with E-state index in [2.05, 4.69) is 10.0 Å². The van der Waals surface area contributed by atoms with E-state index in [1.54, 1.807) is 43.5 Å². The Morgan fingerprint density at radius 2 is 1.83 bits per heavy atom. The van der Waals surface area contributed by atoms with E-state index in [9.17, 15) is 13.2 Å². The lowest BCUT2D eigenvalue weighted by Crippen LogP contribution is -2.34. The maximum atomic E-state index is 12.0. The molecule has 0 heterocycles. The van der Waals surface area contributed by atoms with Crippen LogP contribution in [0.2, 0.25) is 0 Å². The number of carbonyl (C=O) groups excluding carboxylic acids is 1. The molecule has 0 aliphatic rings. The van der Waals surface area contributed by atoms with Crippen LogP contribution in [0.5, 0.6) is 5.75 Å². The molecule has 0 aliphatic carbocycles. The predicted octanol–water partition coefficient (Wildman–Crippen LogP) is 1.80. The zero-order valence-corrected chi connectivity index (χ0v) is 14.2. The number of nitrogens with one attached hydrogen (secondary N) is 2. The fraction of sp³-hybridized carbons (Fsp3) is 0.235. The molecule has 0 spiro atoms. The lowest BCUT2D eigenvalue weighted by atomic mass is 10.2. The van der Waals surface area contributed by atoms with Crippen LogP contribution in [0.25, 0.3) is 0 Å². The first-order chi connectivity index (χ1) is 11.5. The number of ether oxygens (including phenoxy) is 1. The predicted molar refractivity (Wildman–Crippen MR) is 93.6 cm³/mol. The molecule has 0 bridgehead atoms. The maximum Gasteiger partial charge on any atom is 0.239 e. The maximum absolute atomic E-state index is 12.0. The Bertz CT molecular complexity index is 776. The van der Waals surface area contributed by atoms with Gasteiger partial charge in [-0.1, -0.05) is 30.3 Å². The molecule has 6 nitrogen and oxygen atoms in total. The summed E-state index contributed by atoms with van der Waals surface area (Å²) < 4.78 is 31.4. The van der Waals surface area contributed by atoms with Crippen LogP contribution in [0.4, 0.5) is 5.69 Å². The summed E-state index contributed by atoms with van der Waals surface area (Å²) in [4.78, 5) is 11.8. The average molecular weight is 348 g/mol. The molecular weight excluding hydrogens is 328 g/mol. The molecule has 2 aromatic carbocycles. The van der Waals surface area contributed by atoms with Gasteiger partial charge in [-0.25, -0.2) is 13.1 Å². The minimum atomic E-state index is -3.54. The molecule has 0 saturated carbocycles. The highest BCUT2D eigenvalue weighted by atomic mass is 32.2. The number of aryl methyl sites for hydroxylation is 1. The van der Waals surface area contributed by atoms with Crippen molar-refractivity contribution in [1.82, 2.24) is 4.72 Å². The average Bonchev–Trinajstić information content (AvgIpc) is 2.60. The monoisotopic (exact) mass is 348 g/mol. The highest BCUT2D eigenvalue weighted by molar-refractivity contribution is 7.89. The molecule has 1 amide bonds. The molecule has 0 unspecified atom stereocenters. The minimum absolute atomic E-state index is 0.0984. The fourth-order valence-electron chi connectivity index (χ4n) is 2.05. The van der Waals surface area contributed by atoms with Crippen LogP contribution in [0, 0.1) is 0 Å². The Labute approximate surface area is 141 Å². The van der Waals surface area contributed by atoms with E-state index in [4.69, 9.17) is 4.74 Å². The van der Waals surface area contributed by atoms with Crippen LogP contribution in [-0.2, 0) is 21.2 Å². The number of para-hydroxylation sites is 1. The molecule has 2 aromatic rings. The van der Waals surface area contributed by atoms with Crippen molar-refractivity contribution < 1.29 is 17.9 Å². The van der Waals surface area contributed by atoms with Gasteiger partial charge < -0.3 is 10.1 Å². The molecule has 24 heavy (non-hydrogen) atoms. The van der Waals surface area contributed by atoms with Crippen LogP contribution in [0.1, 0.15) is 5.56 Å². The number of hydrogen-bond donors (Lipinski definition) is 2. The summed E-state index contributed by atoms with van der Waals surface area (Å²) in [6.07, 6.45) is 0.340. The normalized spacial score (nSPS) is 11.0. The van der Waals surface area contributed by atoms with Gasteiger partial charge in [0.25, 0.3) is 0 Å². The van der Waals surface area contributed by atoms with Gasteiger partial charge in [0.05, 0.1) is 19.4 Å². The van der Waals surface area contributed by atoms with E-state index in [0.717, 1.165) is 5.56 Å². The van der Waals surface area contributed by atoms with Crippen LogP contribution in [-0.4, -0.2) is 33.7 Å². The van der Waals surface area contributed by atoms with E-state index < -0.39 is 15.9 Å². The fourth-order valence-corrected chi connectivity index (χ4v) is 3.05. The van der Waals surface area contributed by atoms with Crippen molar-refractivity contribution in [2.75, 3.05) is 24.7 Å². The second kappa shape index (κ2) is 8.47. The molecule has 7 heteroatoms. The van der Waals surface area contributed by atoms with E-state index in [1.807, 2.05) is 18.2 Å². The molecule has 0 aromatic heterocycles. The third kappa shape index (κ3) is 6.02. The van der Waals surface area contributed by atoms with Crippen LogP contribution in [0.3, 0.4) is 0 Å². The van der Waals surface area contributed by atoms with Crippen molar-refractivity contribution >= 4 is 21.6 Å². The smallest absolute Gasteiger partial charge is 0.239 e. The van der Waals surface area contributed by atoms with Crippen molar-refractivity contribution in [1.29, 1.82) is 0 Å². The Hall–Kier alpha value is -2.38. The lowest BCUT2D eigenvalue weighted by molar-refractivity contribution is -0.115. The van der Waals surface area contributed by atoms with Crippen LogP contribution in [0.15, 0.2) is 54.6 Å². The summed E-state index contributed by atoms with van der Waals surface area (Å²) in [5.74, 6) is 0.171. The second-order valence-corrected chi connectivity index (χ2v) is 7.08. The molecule has 2 N–H and O–H groups in total. The Kier molecular flexibility index (Phi) is 6.34. The van der Waals surface area contributed by atoms with Gasteiger partial charge in [-0.3, -0.25) is 4.79 Å². The Balaban J connectivity index is 1.81. The first-order valence-corrected chi connectivity index (χ1v) is 9.09. The number of hydrogen-bond acceptors (Lipinski definition) is 4. The highest BCUT2D eigenvalue weighted by Crippen LogP contribution is 2.13. The summed E-state index contributed by atoms with van der Waals surface area (Å²) >= 11 is 0. The third-order valence-corrected chi connectivity index (χ3v) is 4.63. The molecular formula is C17H20N2O4S. The molecule has 0 radical (unpaired) electrons. The number of rotatable bonds is 8. The Morgan fingerprint density at radius 1 is 1.08 bits per heavy atom. The summed E-state index contributed by atoms with van der Waals surface area (Å²) in [6, 6.07) is 16.1. The number of carbonyl (C=O) groups is 1. The van der Waals surface area contributed by atoms with Crippen LogP contribution < -0.4 is 14.8 Å². The quantitative estimate of drug-likeness (QED) is 0.762. The first kappa shape index (κ1) is 18.0. The summed E-state index contributed by atoms with van der Waals surface area (Å²) in [6.45, 7) is -0.296. The third-order valence-electron chi connectivity index (χ3n) is 3.30. The van der Waals surface area contributed by atoms with E-state index >= 15 is 0 Å². The summed E-state index contributed by atoms with van der Waals surface area (Å²) in [5, 5.41) is 2.62. The standard InChI is InChI=1S/C17H20N2O4S/c1-23-16-9-5-6-14(12-16)10-11-24(21,22)18-13-17(20)19-15-7-3-2-4-8-15/h2-9,12,18H,10-11,13H2,1H3,(H,19,20). The number of amides is 1. The van der Waals surface area contributed by atoms with Crippen molar-refractivity contribution in [3.05, 3.63) is 60.2 Å². The Morgan fingerprint density at radius 3 is 2.54 bits per heavy atom. The van der Waals surface area contributed by atoms with E-state index in [0.29, 0.717) is 17.9 Å². The minimum Gasteiger partial charge on any atom is -0.497 e. The molecule has 0 aliphatic heterocycles. The molecule has 0 fully saturated rings. The van der Waals surface area contributed by atoms with Gasteiger partial charge in [-0.2, -0.15) is 0 Å². The van der Waals surface area contributed by atoms with Crippen molar-refractivity contribution in [3.63, 3.8) is 0 Å². The van der Waals surface area contributed by atoms with Gasteiger partial charge in [0.2, 0.25) is 15.9 Å². The number of anilines is 1. The van der Waals surface area contributed by atoms with Gasteiger partial charge in [-0.15, -0.1) is 0 Å². The van der Waals surface area contributed by atoms with Gasteiger partial charge in [0.1, 0.15) is 5.75 Å². The number of sulfonamides is 1. The van der Waals surface area contributed by atoms with Gasteiger partial charge in [0.15, 0.2) is 0 Å². The second-order valence-electron chi connectivity index (χ2n) is 5.16. The molecule has 0 atom stereocenters. The SMILES string of the molecule is COc1cccc(CCS(=O)(=O)NCC(=O)Nc2ccccc2)c1. The van der Waals surface area contributed by atoms with Gasteiger partial charge >= 0.3 is 0 Å². The molecule has 0 saturated heterocycles. The number of methoxy groups -OCH3 is 1. The zero-order valence-electron chi connectivity index (χ0n) is 13.4. The van der Waals surface area contributed by atoms with Crippen molar-refractivity contribution in [2.45, 2.75) is 6.42 Å². The lowest BCUT2D eigenvalue weighted by Gasteiger charge is -2.08. The first-order valence-electron chi connectivity index (χ1n) is 7.44. The van der Waals surface area contributed by atoms with Crippen molar-refractivity contribution in [3.8, 4) is 5.75 Å². The summed E-state index contributed by atoms with van der Waals surface area (Å²) in [7, 11) is -1.98. The van der Waals surface area contributed by atoms with Crippen LogP contribution >= 0.6 is 0 Å². The van der Waals surface area contributed by atoms with E-state index in [-0.39, 0.29) is 12.3 Å². The molecule has 128 valence electrons. The van der Waals surface area contributed by atoms with Gasteiger partial charge in [0, 0.05) is 5.69 Å². The largest absolute Gasteiger partial charge is 0.497 e. The highest BCUT2D eigenvalue weighted by Gasteiger charge is 2.13. The number of benzene rings is 2. The van der Waals surface area contributed by atoms with Gasteiger partial charge in [-0.05, 0) is 36.2 Å². The topological polar surface area (TPSA) is 84.5 Å². The zero-order chi connectivity index (χ0) is 17.4.